The highest BCUT2D eigenvalue weighted by molar-refractivity contribution is 5.71. The molecule has 1 aliphatic carbocycles. The predicted octanol–water partition coefficient (Wildman–Crippen LogP) is 7.14. The van der Waals surface area contributed by atoms with Crippen molar-refractivity contribution in [2.24, 2.45) is 5.92 Å². The normalized spacial score (nSPS) is 17.4. The molecule has 1 aliphatic rings. The van der Waals surface area contributed by atoms with Crippen molar-refractivity contribution in [1.29, 1.82) is 0 Å². The molecule has 0 amide bonds. The first-order valence-electron chi connectivity index (χ1n) is 9.03. The number of hydrogen-bond acceptors (Lipinski definition) is 0. The Labute approximate surface area is 147 Å². The van der Waals surface area contributed by atoms with Crippen LogP contribution in [0.25, 0.3) is 16.7 Å². The third-order valence-electron chi connectivity index (χ3n) is 5.06. The van der Waals surface area contributed by atoms with Crippen LogP contribution in [0, 0.1) is 23.4 Å². The number of halogens is 3. The Bertz CT molecular complexity index is 736. The molecule has 0 N–H and O–H groups in total. The molecule has 2 aromatic rings. The quantitative estimate of drug-likeness (QED) is 0.505. The van der Waals surface area contributed by atoms with Gasteiger partial charge in [0.05, 0.1) is 0 Å². The SMILES string of the molecule is CCCCC1CC=C(c2ccc(-c3cc(F)c(F)c(F)c3)cc2)CC1. The standard InChI is InChI=1S/C22H23F3/c1-2-3-4-15-5-7-16(8-6-15)17-9-11-18(12-10-17)19-13-20(23)22(25)21(24)14-19/h7,9-15H,2-6,8H2,1H3. The molecule has 0 saturated carbocycles. The minimum atomic E-state index is -1.43. The Kier molecular flexibility index (Phi) is 5.62. The van der Waals surface area contributed by atoms with Crippen molar-refractivity contribution >= 4 is 5.57 Å². The van der Waals surface area contributed by atoms with Crippen molar-refractivity contribution in [3.63, 3.8) is 0 Å². The van der Waals surface area contributed by atoms with Gasteiger partial charge in [-0.2, -0.15) is 0 Å². The third kappa shape index (κ3) is 4.15. The van der Waals surface area contributed by atoms with E-state index in [1.165, 1.54) is 31.3 Å². The molecular formula is C22H23F3. The fourth-order valence-corrected chi connectivity index (χ4v) is 3.50. The molecule has 0 radical (unpaired) electrons. The summed E-state index contributed by atoms with van der Waals surface area (Å²) in [6.07, 6.45) is 9.62. The molecule has 0 saturated heterocycles. The number of unbranched alkanes of at least 4 members (excludes halogenated alkanes) is 1. The Morgan fingerprint density at radius 3 is 2.12 bits per heavy atom. The van der Waals surface area contributed by atoms with E-state index in [1.807, 2.05) is 24.3 Å². The summed E-state index contributed by atoms with van der Waals surface area (Å²) in [5.41, 5.74) is 3.52. The molecule has 0 bridgehead atoms. The van der Waals surface area contributed by atoms with Crippen LogP contribution in [0.15, 0.2) is 42.5 Å². The molecule has 0 spiro atoms. The first kappa shape index (κ1) is 17.8. The van der Waals surface area contributed by atoms with Crippen LogP contribution in [-0.2, 0) is 0 Å². The first-order chi connectivity index (χ1) is 12.1. The highest BCUT2D eigenvalue weighted by Gasteiger charge is 2.15. The van der Waals surface area contributed by atoms with E-state index in [1.54, 1.807) is 0 Å². The van der Waals surface area contributed by atoms with Gasteiger partial charge in [-0.15, -0.1) is 0 Å². The lowest BCUT2D eigenvalue weighted by molar-refractivity contribution is 0.434. The summed E-state index contributed by atoms with van der Waals surface area (Å²) in [6, 6.07) is 9.70. The van der Waals surface area contributed by atoms with E-state index in [0.29, 0.717) is 11.1 Å². The Balaban J connectivity index is 1.74. The zero-order valence-corrected chi connectivity index (χ0v) is 14.5. The maximum absolute atomic E-state index is 13.4. The van der Waals surface area contributed by atoms with Crippen molar-refractivity contribution < 1.29 is 13.2 Å². The zero-order valence-electron chi connectivity index (χ0n) is 14.5. The minimum absolute atomic E-state index is 0.347. The van der Waals surface area contributed by atoms with Gasteiger partial charge in [0.15, 0.2) is 17.5 Å². The van der Waals surface area contributed by atoms with E-state index in [0.717, 1.165) is 36.5 Å². The van der Waals surface area contributed by atoms with Crippen molar-refractivity contribution in [1.82, 2.24) is 0 Å². The van der Waals surface area contributed by atoms with Gasteiger partial charge >= 0.3 is 0 Å². The first-order valence-corrected chi connectivity index (χ1v) is 9.03. The summed E-state index contributed by atoms with van der Waals surface area (Å²) in [5.74, 6) is -2.95. The fraction of sp³-hybridized carbons (Fsp3) is 0.364. The molecule has 132 valence electrons. The molecule has 0 aliphatic heterocycles. The number of hydrogen-bond donors (Lipinski definition) is 0. The molecule has 25 heavy (non-hydrogen) atoms. The molecule has 3 rings (SSSR count). The summed E-state index contributed by atoms with van der Waals surface area (Å²) in [4.78, 5) is 0. The average Bonchev–Trinajstić information content (AvgIpc) is 2.64. The van der Waals surface area contributed by atoms with E-state index < -0.39 is 17.5 Å². The van der Waals surface area contributed by atoms with E-state index in [-0.39, 0.29) is 0 Å². The Hall–Kier alpha value is -2.03. The molecule has 0 heterocycles. The van der Waals surface area contributed by atoms with E-state index >= 15 is 0 Å². The lowest BCUT2D eigenvalue weighted by Crippen LogP contribution is -2.05. The van der Waals surface area contributed by atoms with Crippen molar-refractivity contribution in [3.8, 4) is 11.1 Å². The van der Waals surface area contributed by atoms with Gasteiger partial charge in [0.25, 0.3) is 0 Å². The average molecular weight is 344 g/mol. The smallest absolute Gasteiger partial charge is 0.194 e. The second-order valence-corrected chi connectivity index (χ2v) is 6.84. The summed E-state index contributed by atoms with van der Waals surface area (Å²) < 4.78 is 39.9. The zero-order chi connectivity index (χ0) is 17.8. The van der Waals surface area contributed by atoms with Gasteiger partial charge < -0.3 is 0 Å². The van der Waals surface area contributed by atoms with Crippen LogP contribution in [0.3, 0.4) is 0 Å². The number of rotatable bonds is 5. The largest absolute Gasteiger partial charge is 0.204 e. The highest BCUT2D eigenvalue weighted by Crippen LogP contribution is 2.33. The van der Waals surface area contributed by atoms with Gasteiger partial charge in [-0.1, -0.05) is 56.5 Å². The van der Waals surface area contributed by atoms with Crippen LogP contribution in [0.1, 0.15) is 51.0 Å². The molecule has 1 atom stereocenters. The molecule has 0 fully saturated rings. The van der Waals surface area contributed by atoms with Crippen LogP contribution in [0.2, 0.25) is 0 Å². The van der Waals surface area contributed by atoms with Crippen LogP contribution < -0.4 is 0 Å². The monoisotopic (exact) mass is 344 g/mol. The summed E-state index contributed by atoms with van der Waals surface area (Å²) in [5, 5.41) is 0. The van der Waals surface area contributed by atoms with Gasteiger partial charge in [-0.3, -0.25) is 0 Å². The van der Waals surface area contributed by atoms with Crippen molar-refractivity contribution in [2.75, 3.05) is 0 Å². The second kappa shape index (κ2) is 7.90. The molecule has 2 aromatic carbocycles. The van der Waals surface area contributed by atoms with E-state index in [2.05, 4.69) is 13.0 Å². The Morgan fingerprint density at radius 1 is 0.920 bits per heavy atom. The predicted molar refractivity (Wildman–Crippen MR) is 96.6 cm³/mol. The van der Waals surface area contributed by atoms with Gasteiger partial charge in [0.2, 0.25) is 0 Å². The summed E-state index contributed by atoms with van der Waals surface area (Å²) >= 11 is 0. The van der Waals surface area contributed by atoms with Crippen molar-refractivity contribution in [2.45, 2.75) is 45.4 Å². The molecular weight excluding hydrogens is 321 g/mol. The number of benzene rings is 2. The van der Waals surface area contributed by atoms with Gasteiger partial charge in [0.1, 0.15) is 0 Å². The lowest BCUT2D eigenvalue weighted by atomic mass is 9.84. The maximum atomic E-state index is 13.4. The number of allylic oxidation sites excluding steroid dienone is 2. The van der Waals surface area contributed by atoms with Gasteiger partial charge in [-0.25, -0.2) is 13.2 Å². The fourth-order valence-electron chi connectivity index (χ4n) is 3.50. The topological polar surface area (TPSA) is 0 Å². The van der Waals surface area contributed by atoms with Crippen LogP contribution >= 0.6 is 0 Å². The van der Waals surface area contributed by atoms with Crippen molar-refractivity contribution in [3.05, 3.63) is 65.5 Å². The van der Waals surface area contributed by atoms with Crippen LogP contribution in [0.4, 0.5) is 13.2 Å². The summed E-state index contributed by atoms with van der Waals surface area (Å²) in [6.45, 7) is 2.23. The van der Waals surface area contributed by atoms with Crippen LogP contribution in [0.5, 0.6) is 0 Å². The van der Waals surface area contributed by atoms with Gasteiger partial charge in [-0.05, 0) is 59.6 Å². The summed E-state index contributed by atoms with van der Waals surface area (Å²) in [7, 11) is 0. The van der Waals surface area contributed by atoms with Crippen LogP contribution in [-0.4, -0.2) is 0 Å². The van der Waals surface area contributed by atoms with E-state index in [9.17, 15) is 13.2 Å². The maximum Gasteiger partial charge on any atom is 0.194 e. The van der Waals surface area contributed by atoms with Gasteiger partial charge in [0, 0.05) is 0 Å². The second-order valence-electron chi connectivity index (χ2n) is 6.84. The Morgan fingerprint density at radius 2 is 1.56 bits per heavy atom. The molecule has 0 aromatic heterocycles. The molecule has 1 unspecified atom stereocenters. The van der Waals surface area contributed by atoms with E-state index in [4.69, 9.17) is 0 Å². The minimum Gasteiger partial charge on any atom is -0.204 e. The highest BCUT2D eigenvalue weighted by atomic mass is 19.2. The third-order valence-corrected chi connectivity index (χ3v) is 5.06. The molecule has 3 heteroatoms. The lowest BCUT2D eigenvalue weighted by Gasteiger charge is -2.22. The molecule has 0 nitrogen and oxygen atoms in total.